The molecule has 1 unspecified atom stereocenters. The Kier molecular flexibility index (Phi) is 3.32. The number of nitrogens with zero attached hydrogens (tertiary/aromatic N) is 3. The molecule has 0 spiro atoms. The molecule has 1 N–H and O–H groups in total. The summed E-state index contributed by atoms with van der Waals surface area (Å²) in [5, 5.41) is 11.8. The van der Waals surface area contributed by atoms with Crippen LogP contribution in [0.15, 0.2) is 5.38 Å². The minimum absolute atomic E-state index is 0.170. The Balaban J connectivity index is 1.67. The van der Waals surface area contributed by atoms with E-state index >= 15 is 0 Å². The fourth-order valence-electron chi connectivity index (χ4n) is 2.68. The van der Waals surface area contributed by atoms with Crippen molar-refractivity contribution < 1.29 is 9.90 Å². The van der Waals surface area contributed by atoms with Gasteiger partial charge in [-0.15, -0.1) is 11.3 Å². The summed E-state index contributed by atoms with van der Waals surface area (Å²) in [4.78, 5) is 20.1. The maximum absolute atomic E-state index is 10.5. The smallest absolute Gasteiger partial charge is 0.303 e. The highest BCUT2D eigenvalue weighted by molar-refractivity contribution is 7.09. The molecule has 1 aromatic heterocycles. The lowest BCUT2D eigenvalue weighted by atomic mass is 10.1. The minimum Gasteiger partial charge on any atom is -0.481 e. The molecule has 5 nitrogen and oxygen atoms in total. The average molecular weight is 267 g/mol. The van der Waals surface area contributed by atoms with Gasteiger partial charge in [0.25, 0.3) is 0 Å². The van der Waals surface area contributed by atoms with E-state index in [4.69, 9.17) is 5.11 Å². The number of hydrogen-bond acceptors (Lipinski definition) is 5. The van der Waals surface area contributed by atoms with E-state index in [0.717, 1.165) is 30.3 Å². The monoisotopic (exact) mass is 267 g/mol. The minimum atomic E-state index is -0.754. The number of hydrogen-bond donors (Lipinski definition) is 1. The number of aryl methyl sites for hydroxylation is 1. The van der Waals surface area contributed by atoms with E-state index in [-0.39, 0.29) is 6.42 Å². The van der Waals surface area contributed by atoms with Gasteiger partial charge in [0.15, 0.2) is 0 Å². The first-order valence-corrected chi connectivity index (χ1v) is 7.23. The Morgan fingerprint density at radius 1 is 1.44 bits per heavy atom. The van der Waals surface area contributed by atoms with Crippen LogP contribution in [0.3, 0.4) is 0 Å². The zero-order chi connectivity index (χ0) is 12.5. The molecule has 3 aliphatic heterocycles. The Morgan fingerprint density at radius 3 is 2.83 bits per heavy atom. The van der Waals surface area contributed by atoms with Gasteiger partial charge in [-0.25, -0.2) is 4.98 Å². The third-order valence-electron chi connectivity index (χ3n) is 3.73. The van der Waals surface area contributed by atoms with Crippen LogP contribution in [0.2, 0.25) is 0 Å². The van der Waals surface area contributed by atoms with Gasteiger partial charge in [-0.3, -0.25) is 14.6 Å². The molecular weight excluding hydrogens is 250 g/mol. The number of carboxylic acid groups (broad SMARTS) is 1. The molecule has 0 amide bonds. The van der Waals surface area contributed by atoms with Gasteiger partial charge in [-0.1, -0.05) is 0 Å². The summed E-state index contributed by atoms with van der Waals surface area (Å²) in [6, 6.07) is 0.427. The lowest BCUT2D eigenvalue weighted by molar-refractivity contribution is -0.136. The van der Waals surface area contributed by atoms with Gasteiger partial charge in [0.05, 0.1) is 18.2 Å². The quantitative estimate of drug-likeness (QED) is 0.876. The first-order chi connectivity index (χ1) is 8.72. The van der Waals surface area contributed by atoms with Gasteiger partial charge >= 0.3 is 5.97 Å². The molecule has 0 aliphatic carbocycles. The molecule has 98 valence electrons. The Morgan fingerprint density at radius 2 is 2.22 bits per heavy atom. The highest BCUT2D eigenvalue weighted by Crippen LogP contribution is 2.30. The van der Waals surface area contributed by atoms with Crippen LogP contribution in [0.1, 0.15) is 23.2 Å². The molecule has 18 heavy (non-hydrogen) atoms. The number of thiazole rings is 1. The molecule has 4 rings (SSSR count). The molecule has 1 atom stereocenters. The first kappa shape index (κ1) is 12.1. The summed E-state index contributed by atoms with van der Waals surface area (Å²) in [7, 11) is 0. The normalized spacial score (nSPS) is 30.6. The molecule has 3 fully saturated rings. The van der Waals surface area contributed by atoms with E-state index < -0.39 is 5.97 Å². The van der Waals surface area contributed by atoms with Gasteiger partial charge < -0.3 is 5.11 Å². The summed E-state index contributed by atoms with van der Waals surface area (Å²) in [5.74, 6) is -0.754. The Labute approximate surface area is 110 Å². The molecule has 0 aromatic carbocycles. The summed E-state index contributed by atoms with van der Waals surface area (Å²) < 4.78 is 0. The van der Waals surface area contributed by atoms with Gasteiger partial charge in [0.1, 0.15) is 5.01 Å². The third-order valence-corrected chi connectivity index (χ3v) is 4.72. The van der Waals surface area contributed by atoms with E-state index in [2.05, 4.69) is 14.8 Å². The number of carbonyl (C=O) groups is 1. The maximum atomic E-state index is 10.5. The summed E-state index contributed by atoms with van der Waals surface area (Å²) in [6.07, 6.45) is 0.714. The standard InChI is InChI=1S/C12H17N3O2S/c16-11(17)2-1-9-8-18-12(13-9)10-7-14-3-5-15(10)6-4-14/h8,10H,1-7H2,(H,16,17). The van der Waals surface area contributed by atoms with Crippen molar-refractivity contribution in [3.63, 3.8) is 0 Å². The second-order valence-electron chi connectivity index (χ2n) is 4.92. The number of rotatable bonds is 4. The number of aliphatic carboxylic acids is 1. The van der Waals surface area contributed by atoms with E-state index in [1.54, 1.807) is 11.3 Å². The van der Waals surface area contributed by atoms with Crippen molar-refractivity contribution in [2.24, 2.45) is 0 Å². The van der Waals surface area contributed by atoms with Crippen molar-refractivity contribution in [2.45, 2.75) is 18.9 Å². The molecule has 3 aliphatic rings. The van der Waals surface area contributed by atoms with Crippen LogP contribution in [0.4, 0.5) is 0 Å². The highest BCUT2D eigenvalue weighted by atomic mass is 32.1. The van der Waals surface area contributed by atoms with Crippen LogP contribution in [-0.4, -0.2) is 58.6 Å². The third kappa shape index (κ3) is 2.41. The van der Waals surface area contributed by atoms with Crippen LogP contribution >= 0.6 is 11.3 Å². The molecule has 1 aromatic rings. The van der Waals surface area contributed by atoms with Crippen LogP contribution in [-0.2, 0) is 11.2 Å². The maximum Gasteiger partial charge on any atom is 0.303 e. The summed E-state index contributed by atoms with van der Waals surface area (Å²) >= 11 is 1.68. The van der Waals surface area contributed by atoms with Crippen molar-refractivity contribution in [3.05, 3.63) is 16.1 Å². The Bertz CT molecular complexity index is 440. The summed E-state index contributed by atoms with van der Waals surface area (Å²) in [6.45, 7) is 5.69. The molecule has 2 bridgehead atoms. The highest BCUT2D eigenvalue weighted by Gasteiger charge is 2.34. The second-order valence-corrected chi connectivity index (χ2v) is 5.81. The molecular formula is C12H17N3O2S. The summed E-state index contributed by atoms with van der Waals surface area (Å²) in [5.41, 5.74) is 0.926. The Hall–Kier alpha value is -0.980. The molecule has 3 saturated heterocycles. The van der Waals surface area contributed by atoms with Crippen LogP contribution in [0, 0.1) is 0 Å². The van der Waals surface area contributed by atoms with E-state index in [1.165, 1.54) is 13.1 Å². The number of aromatic nitrogens is 1. The predicted octanol–water partition coefficient (Wildman–Crippen LogP) is 0.833. The molecule has 6 heteroatoms. The lowest BCUT2D eigenvalue weighted by Gasteiger charge is -2.46. The fourth-order valence-corrected chi connectivity index (χ4v) is 3.66. The fraction of sp³-hybridized carbons (Fsp3) is 0.667. The molecule has 0 radical (unpaired) electrons. The first-order valence-electron chi connectivity index (χ1n) is 6.35. The van der Waals surface area contributed by atoms with Crippen LogP contribution < -0.4 is 0 Å². The molecule has 4 heterocycles. The van der Waals surface area contributed by atoms with Crippen molar-refractivity contribution in [2.75, 3.05) is 32.7 Å². The lowest BCUT2D eigenvalue weighted by Crippen LogP contribution is -2.56. The predicted molar refractivity (Wildman–Crippen MR) is 68.8 cm³/mol. The topological polar surface area (TPSA) is 56.7 Å². The van der Waals surface area contributed by atoms with Crippen molar-refractivity contribution >= 4 is 17.3 Å². The second kappa shape index (κ2) is 4.95. The van der Waals surface area contributed by atoms with Crippen molar-refractivity contribution in [1.82, 2.24) is 14.8 Å². The van der Waals surface area contributed by atoms with E-state index in [1.807, 2.05) is 5.38 Å². The van der Waals surface area contributed by atoms with Gasteiger partial charge in [-0.05, 0) is 0 Å². The van der Waals surface area contributed by atoms with Gasteiger partial charge in [0, 0.05) is 44.5 Å². The molecule has 0 saturated carbocycles. The van der Waals surface area contributed by atoms with Gasteiger partial charge in [0.2, 0.25) is 0 Å². The van der Waals surface area contributed by atoms with Crippen LogP contribution in [0.5, 0.6) is 0 Å². The van der Waals surface area contributed by atoms with Crippen LogP contribution in [0.25, 0.3) is 0 Å². The average Bonchev–Trinajstić information content (AvgIpc) is 2.86. The zero-order valence-electron chi connectivity index (χ0n) is 10.2. The number of fused-ring (bicyclic) bond motifs is 3. The van der Waals surface area contributed by atoms with E-state index in [0.29, 0.717) is 12.5 Å². The number of carboxylic acids is 1. The van der Waals surface area contributed by atoms with E-state index in [9.17, 15) is 4.79 Å². The largest absolute Gasteiger partial charge is 0.481 e. The van der Waals surface area contributed by atoms with Crippen molar-refractivity contribution in [3.8, 4) is 0 Å². The zero-order valence-corrected chi connectivity index (χ0v) is 11.0. The van der Waals surface area contributed by atoms with Gasteiger partial charge in [-0.2, -0.15) is 0 Å². The SMILES string of the molecule is O=C(O)CCc1csc(C2CN3CCN2CC3)n1. The van der Waals surface area contributed by atoms with Crippen molar-refractivity contribution in [1.29, 1.82) is 0 Å². The number of piperazine rings is 3.